The lowest BCUT2D eigenvalue weighted by molar-refractivity contribution is -0.383. The van der Waals surface area contributed by atoms with E-state index in [0.29, 0.717) is 5.69 Å². The second-order valence-electron chi connectivity index (χ2n) is 3.83. The molecule has 0 fully saturated rings. The van der Waals surface area contributed by atoms with Crippen LogP contribution in [0.5, 0.6) is 0 Å². The Balaban J connectivity index is 2.13. The fourth-order valence-electron chi connectivity index (χ4n) is 1.58. The number of benzene rings is 2. The molecule has 0 unspecified atom stereocenters. The van der Waals surface area contributed by atoms with Crippen LogP contribution in [0.2, 0.25) is 0 Å². The van der Waals surface area contributed by atoms with Crippen LogP contribution in [0.25, 0.3) is 0 Å². The molecule has 0 aromatic heterocycles. The van der Waals surface area contributed by atoms with E-state index in [1.165, 1.54) is 18.2 Å². The summed E-state index contributed by atoms with van der Waals surface area (Å²) in [5.74, 6) is 0. The lowest BCUT2D eigenvalue weighted by Gasteiger charge is -2.09. The van der Waals surface area contributed by atoms with Crippen LogP contribution in [0.3, 0.4) is 0 Å². The minimum atomic E-state index is -0.550. The van der Waals surface area contributed by atoms with Gasteiger partial charge in [-0.2, -0.15) is 0 Å². The van der Waals surface area contributed by atoms with Gasteiger partial charge >= 0.3 is 6.03 Å². The van der Waals surface area contributed by atoms with E-state index in [2.05, 4.69) is 26.6 Å². The van der Waals surface area contributed by atoms with Crippen LogP contribution in [-0.2, 0) is 0 Å². The van der Waals surface area contributed by atoms with Gasteiger partial charge in [0.15, 0.2) is 0 Å². The van der Waals surface area contributed by atoms with Crippen LogP contribution in [-0.4, -0.2) is 11.0 Å². The van der Waals surface area contributed by atoms with Crippen molar-refractivity contribution >= 4 is 39.0 Å². The number of nitro benzene ring substituents is 1. The quantitative estimate of drug-likeness (QED) is 0.656. The Bertz CT molecular complexity index is 661. The van der Waals surface area contributed by atoms with Crippen molar-refractivity contribution in [3.8, 4) is 0 Å². The first-order valence-corrected chi connectivity index (χ1v) is 6.43. The zero-order valence-corrected chi connectivity index (χ0v) is 11.8. The molecule has 0 heterocycles. The van der Waals surface area contributed by atoms with Gasteiger partial charge in [0.05, 0.1) is 10.6 Å². The molecule has 6 nitrogen and oxygen atoms in total. The summed E-state index contributed by atoms with van der Waals surface area (Å²) < 4.78 is 0.720. The summed E-state index contributed by atoms with van der Waals surface area (Å²) in [6.07, 6.45) is 0. The number of rotatable bonds is 3. The summed E-state index contributed by atoms with van der Waals surface area (Å²) in [7, 11) is 0. The van der Waals surface area contributed by atoms with E-state index >= 15 is 0 Å². The summed E-state index contributed by atoms with van der Waals surface area (Å²) in [5.41, 5.74) is 0.556. The first kappa shape index (κ1) is 14.0. The van der Waals surface area contributed by atoms with Crippen molar-refractivity contribution in [2.45, 2.75) is 0 Å². The summed E-state index contributed by atoms with van der Waals surface area (Å²) in [4.78, 5) is 22.1. The molecule has 0 spiro atoms. The number of para-hydroxylation sites is 3. The van der Waals surface area contributed by atoms with Crippen molar-refractivity contribution < 1.29 is 9.72 Å². The predicted molar refractivity (Wildman–Crippen MR) is 79.9 cm³/mol. The third-order valence-electron chi connectivity index (χ3n) is 2.47. The number of amides is 2. The molecule has 20 heavy (non-hydrogen) atoms. The lowest BCUT2D eigenvalue weighted by atomic mass is 10.2. The average Bonchev–Trinajstić information content (AvgIpc) is 2.41. The van der Waals surface area contributed by atoms with Crippen molar-refractivity contribution in [1.82, 2.24) is 0 Å². The highest BCUT2D eigenvalue weighted by Crippen LogP contribution is 2.24. The fourth-order valence-corrected chi connectivity index (χ4v) is 1.96. The van der Waals surface area contributed by atoms with E-state index in [1.807, 2.05) is 6.07 Å². The molecule has 2 N–H and O–H groups in total. The van der Waals surface area contributed by atoms with Crippen molar-refractivity contribution in [2.24, 2.45) is 0 Å². The van der Waals surface area contributed by atoms with Gasteiger partial charge in [-0.1, -0.05) is 24.3 Å². The van der Waals surface area contributed by atoms with Gasteiger partial charge in [-0.15, -0.1) is 0 Å². The van der Waals surface area contributed by atoms with Gasteiger partial charge in [-0.25, -0.2) is 4.79 Å². The van der Waals surface area contributed by atoms with Gasteiger partial charge in [0.1, 0.15) is 5.69 Å². The van der Waals surface area contributed by atoms with Crippen LogP contribution < -0.4 is 10.6 Å². The van der Waals surface area contributed by atoms with Gasteiger partial charge in [-0.3, -0.25) is 10.1 Å². The van der Waals surface area contributed by atoms with Crippen LogP contribution >= 0.6 is 15.9 Å². The maximum atomic E-state index is 11.8. The number of urea groups is 1. The number of carbonyl (C=O) groups excluding carboxylic acids is 1. The van der Waals surface area contributed by atoms with E-state index in [0.717, 1.165) is 4.47 Å². The van der Waals surface area contributed by atoms with Crippen LogP contribution in [0.1, 0.15) is 0 Å². The Hall–Kier alpha value is -2.41. The van der Waals surface area contributed by atoms with Gasteiger partial charge in [0.2, 0.25) is 0 Å². The van der Waals surface area contributed by atoms with Gasteiger partial charge < -0.3 is 10.6 Å². The van der Waals surface area contributed by atoms with E-state index < -0.39 is 11.0 Å². The molecule has 2 rings (SSSR count). The number of hydrogen-bond donors (Lipinski definition) is 2. The summed E-state index contributed by atoms with van der Waals surface area (Å²) in [6.45, 7) is 0. The highest BCUT2D eigenvalue weighted by Gasteiger charge is 2.14. The van der Waals surface area contributed by atoms with Crippen molar-refractivity contribution in [3.63, 3.8) is 0 Å². The predicted octanol–water partition coefficient (Wildman–Crippen LogP) is 4.00. The molecule has 0 saturated heterocycles. The molecule has 0 radical (unpaired) electrons. The third kappa shape index (κ3) is 3.33. The molecule has 2 aromatic carbocycles. The maximum Gasteiger partial charge on any atom is 0.323 e. The molecule has 0 saturated carbocycles. The molecular formula is C13H10BrN3O3. The number of nitrogens with zero attached hydrogens (tertiary/aromatic N) is 1. The van der Waals surface area contributed by atoms with Crippen LogP contribution in [0.15, 0.2) is 53.0 Å². The molecule has 0 aliphatic carbocycles. The van der Waals surface area contributed by atoms with E-state index in [1.54, 1.807) is 24.3 Å². The highest BCUT2D eigenvalue weighted by atomic mass is 79.9. The van der Waals surface area contributed by atoms with Crippen molar-refractivity contribution in [2.75, 3.05) is 10.6 Å². The number of halogens is 1. The summed E-state index contributed by atoms with van der Waals surface area (Å²) in [5, 5.41) is 15.9. The van der Waals surface area contributed by atoms with E-state index in [9.17, 15) is 14.9 Å². The second kappa shape index (κ2) is 6.16. The van der Waals surface area contributed by atoms with Crippen molar-refractivity contribution in [1.29, 1.82) is 0 Å². The maximum absolute atomic E-state index is 11.8. The Morgan fingerprint density at radius 2 is 1.55 bits per heavy atom. The lowest BCUT2D eigenvalue weighted by Crippen LogP contribution is -2.20. The van der Waals surface area contributed by atoms with Gasteiger partial charge in [0.25, 0.3) is 5.69 Å². The minimum absolute atomic E-state index is 0.141. The SMILES string of the molecule is O=C(Nc1ccccc1Br)Nc1ccccc1[N+](=O)[O-]. The third-order valence-corrected chi connectivity index (χ3v) is 3.16. The number of carbonyl (C=O) groups is 1. The second-order valence-corrected chi connectivity index (χ2v) is 4.69. The van der Waals surface area contributed by atoms with Crippen molar-refractivity contribution in [3.05, 3.63) is 63.1 Å². The van der Waals surface area contributed by atoms with Gasteiger partial charge in [-0.05, 0) is 34.1 Å². The Kier molecular flexibility index (Phi) is 4.31. The molecule has 7 heteroatoms. The first-order valence-electron chi connectivity index (χ1n) is 5.64. The topological polar surface area (TPSA) is 84.3 Å². The highest BCUT2D eigenvalue weighted by molar-refractivity contribution is 9.10. The molecule has 2 aromatic rings. The molecule has 2 amide bonds. The van der Waals surface area contributed by atoms with E-state index in [4.69, 9.17) is 0 Å². The number of nitro groups is 1. The summed E-state index contributed by atoms with van der Waals surface area (Å²) >= 11 is 3.30. The molecule has 102 valence electrons. The number of anilines is 2. The Labute approximate surface area is 123 Å². The standard InChI is InChI=1S/C13H10BrN3O3/c14-9-5-1-2-6-10(9)15-13(18)16-11-7-3-4-8-12(11)17(19)20/h1-8H,(H2,15,16,18). The Morgan fingerprint density at radius 3 is 2.20 bits per heavy atom. The molecular weight excluding hydrogens is 326 g/mol. The van der Waals surface area contributed by atoms with Gasteiger partial charge in [0, 0.05) is 10.5 Å². The minimum Gasteiger partial charge on any atom is -0.307 e. The normalized spacial score (nSPS) is 9.85. The molecule has 0 bridgehead atoms. The smallest absolute Gasteiger partial charge is 0.307 e. The molecule has 0 atom stereocenters. The van der Waals surface area contributed by atoms with Crippen LogP contribution in [0.4, 0.5) is 21.9 Å². The number of nitrogens with one attached hydrogen (secondary N) is 2. The number of hydrogen-bond acceptors (Lipinski definition) is 3. The molecule has 0 aliphatic heterocycles. The van der Waals surface area contributed by atoms with Crippen LogP contribution in [0, 0.1) is 10.1 Å². The van der Waals surface area contributed by atoms with E-state index in [-0.39, 0.29) is 11.4 Å². The largest absolute Gasteiger partial charge is 0.323 e. The molecule has 0 aliphatic rings. The fraction of sp³-hybridized carbons (Fsp3) is 0. The Morgan fingerprint density at radius 1 is 1.00 bits per heavy atom. The average molecular weight is 336 g/mol. The monoisotopic (exact) mass is 335 g/mol. The zero-order valence-electron chi connectivity index (χ0n) is 10.2. The zero-order chi connectivity index (χ0) is 14.5. The summed E-state index contributed by atoms with van der Waals surface area (Å²) in [6, 6.07) is 12.5. The first-order chi connectivity index (χ1) is 9.58.